The van der Waals surface area contributed by atoms with Crippen LogP contribution in [0.5, 0.6) is 5.75 Å². The number of methoxy groups -OCH3 is 1. The van der Waals surface area contributed by atoms with E-state index in [0.29, 0.717) is 12.5 Å². The summed E-state index contributed by atoms with van der Waals surface area (Å²) in [7, 11) is 1.67. The van der Waals surface area contributed by atoms with Crippen LogP contribution < -0.4 is 15.4 Å². The third-order valence-corrected chi connectivity index (χ3v) is 5.35. The Bertz CT molecular complexity index is 514. The zero-order valence-electron chi connectivity index (χ0n) is 13.4. The van der Waals surface area contributed by atoms with Gasteiger partial charge in [0.15, 0.2) is 0 Å². The SMILES string of the molecule is COc1ccc(CCNC(=O)[C@@]23CCCC[C@H]2CNC3)cc1. The fourth-order valence-electron chi connectivity index (χ4n) is 3.98. The Morgan fingerprint density at radius 2 is 2.18 bits per heavy atom. The van der Waals surface area contributed by atoms with E-state index in [2.05, 4.69) is 22.8 Å². The number of fused-ring (bicyclic) bond motifs is 1. The number of ether oxygens (including phenoxy) is 1. The highest BCUT2D eigenvalue weighted by atomic mass is 16.5. The smallest absolute Gasteiger partial charge is 0.227 e. The van der Waals surface area contributed by atoms with Crippen molar-refractivity contribution in [3.05, 3.63) is 29.8 Å². The van der Waals surface area contributed by atoms with Gasteiger partial charge < -0.3 is 15.4 Å². The molecule has 0 radical (unpaired) electrons. The molecule has 120 valence electrons. The Hall–Kier alpha value is -1.55. The Balaban J connectivity index is 1.53. The number of hydrogen-bond donors (Lipinski definition) is 2. The van der Waals surface area contributed by atoms with Gasteiger partial charge in [0, 0.05) is 13.1 Å². The van der Waals surface area contributed by atoms with E-state index in [1.54, 1.807) is 7.11 Å². The fraction of sp³-hybridized carbons (Fsp3) is 0.611. The van der Waals surface area contributed by atoms with Gasteiger partial charge in [-0.25, -0.2) is 0 Å². The van der Waals surface area contributed by atoms with E-state index in [4.69, 9.17) is 4.74 Å². The molecule has 1 aromatic carbocycles. The second-order valence-corrected chi connectivity index (χ2v) is 6.58. The summed E-state index contributed by atoms with van der Waals surface area (Å²) in [5, 5.41) is 6.61. The minimum absolute atomic E-state index is 0.141. The van der Waals surface area contributed by atoms with Gasteiger partial charge in [-0.05, 0) is 49.4 Å². The van der Waals surface area contributed by atoms with Crippen molar-refractivity contribution < 1.29 is 9.53 Å². The highest BCUT2D eigenvalue weighted by molar-refractivity contribution is 5.83. The molecule has 4 nitrogen and oxygen atoms in total. The molecule has 0 bridgehead atoms. The monoisotopic (exact) mass is 302 g/mol. The first-order valence-electron chi connectivity index (χ1n) is 8.36. The van der Waals surface area contributed by atoms with E-state index in [0.717, 1.165) is 31.7 Å². The molecule has 1 aliphatic carbocycles. The van der Waals surface area contributed by atoms with Crippen LogP contribution in [-0.2, 0) is 11.2 Å². The minimum Gasteiger partial charge on any atom is -0.497 e. The Morgan fingerprint density at radius 1 is 1.36 bits per heavy atom. The molecule has 0 unspecified atom stereocenters. The lowest BCUT2D eigenvalue weighted by atomic mass is 9.67. The topological polar surface area (TPSA) is 50.4 Å². The molecule has 2 fully saturated rings. The summed E-state index contributed by atoms with van der Waals surface area (Å²) in [6, 6.07) is 8.05. The third-order valence-electron chi connectivity index (χ3n) is 5.35. The molecule has 2 atom stereocenters. The normalized spacial score (nSPS) is 27.2. The maximum Gasteiger partial charge on any atom is 0.227 e. The van der Waals surface area contributed by atoms with E-state index in [-0.39, 0.29) is 11.3 Å². The molecule has 2 N–H and O–H groups in total. The Morgan fingerprint density at radius 3 is 2.95 bits per heavy atom. The molecule has 1 saturated carbocycles. The molecule has 22 heavy (non-hydrogen) atoms. The first-order chi connectivity index (χ1) is 10.7. The van der Waals surface area contributed by atoms with E-state index in [9.17, 15) is 4.79 Å². The molecule has 0 spiro atoms. The molecule has 1 heterocycles. The number of hydrogen-bond acceptors (Lipinski definition) is 3. The molecule has 1 amide bonds. The van der Waals surface area contributed by atoms with Crippen molar-refractivity contribution in [1.29, 1.82) is 0 Å². The lowest BCUT2D eigenvalue weighted by Gasteiger charge is -2.37. The van der Waals surface area contributed by atoms with Crippen LogP contribution in [0.3, 0.4) is 0 Å². The lowest BCUT2D eigenvalue weighted by molar-refractivity contribution is -0.133. The summed E-state index contributed by atoms with van der Waals surface area (Å²) >= 11 is 0. The quantitative estimate of drug-likeness (QED) is 0.876. The maximum absolute atomic E-state index is 12.7. The minimum atomic E-state index is -0.141. The van der Waals surface area contributed by atoms with Crippen LogP contribution in [0.25, 0.3) is 0 Å². The lowest BCUT2D eigenvalue weighted by Crippen LogP contribution is -2.48. The molecule has 2 aliphatic rings. The van der Waals surface area contributed by atoms with Crippen molar-refractivity contribution in [2.45, 2.75) is 32.1 Å². The first-order valence-corrected chi connectivity index (χ1v) is 8.36. The van der Waals surface area contributed by atoms with Crippen molar-refractivity contribution >= 4 is 5.91 Å². The molecule has 1 aromatic rings. The molecular formula is C18H26N2O2. The number of amides is 1. The summed E-state index contributed by atoms with van der Waals surface area (Å²) in [6.45, 7) is 2.57. The molecule has 4 heteroatoms. The summed E-state index contributed by atoms with van der Waals surface area (Å²) in [6.07, 6.45) is 5.55. The van der Waals surface area contributed by atoms with Crippen LogP contribution in [0.1, 0.15) is 31.2 Å². The molecule has 0 aromatic heterocycles. The molecule has 1 saturated heterocycles. The van der Waals surface area contributed by atoms with Crippen LogP contribution in [0.2, 0.25) is 0 Å². The third kappa shape index (κ3) is 2.98. The summed E-state index contributed by atoms with van der Waals surface area (Å²) < 4.78 is 5.16. The van der Waals surface area contributed by atoms with Crippen molar-refractivity contribution in [2.24, 2.45) is 11.3 Å². The zero-order chi connectivity index (χ0) is 15.4. The highest BCUT2D eigenvalue weighted by Crippen LogP contribution is 2.43. The van der Waals surface area contributed by atoms with Crippen molar-refractivity contribution in [3.63, 3.8) is 0 Å². The van der Waals surface area contributed by atoms with Gasteiger partial charge in [0.2, 0.25) is 5.91 Å². The number of nitrogens with one attached hydrogen (secondary N) is 2. The molecule has 3 rings (SSSR count). The van der Waals surface area contributed by atoms with Gasteiger partial charge in [0.1, 0.15) is 5.75 Å². The van der Waals surface area contributed by atoms with Gasteiger partial charge in [0.25, 0.3) is 0 Å². The van der Waals surface area contributed by atoms with Crippen LogP contribution in [-0.4, -0.2) is 32.7 Å². The van der Waals surface area contributed by atoms with Crippen molar-refractivity contribution in [3.8, 4) is 5.75 Å². The van der Waals surface area contributed by atoms with Gasteiger partial charge in [0.05, 0.1) is 12.5 Å². The van der Waals surface area contributed by atoms with E-state index in [1.807, 2.05) is 12.1 Å². The van der Waals surface area contributed by atoms with Crippen LogP contribution in [0.4, 0.5) is 0 Å². The van der Waals surface area contributed by atoms with Crippen molar-refractivity contribution in [2.75, 3.05) is 26.7 Å². The number of carbonyl (C=O) groups excluding carboxylic acids is 1. The predicted octanol–water partition coefficient (Wildman–Crippen LogP) is 2.13. The largest absolute Gasteiger partial charge is 0.497 e. The van der Waals surface area contributed by atoms with Gasteiger partial charge >= 0.3 is 0 Å². The van der Waals surface area contributed by atoms with E-state index in [1.165, 1.54) is 24.8 Å². The van der Waals surface area contributed by atoms with Crippen LogP contribution in [0, 0.1) is 11.3 Å². The highest BCUT2D eigenvalue weighted by Gasteiger charge is 2.49. The van der Waals surface area contributed by atoms with Crippen molar-refractivity contribution in [1.82, 2.24) is 10.6 Å². The summed E-state index contributed by atoms with van der Waals surface area (Å²) in [5.41, 5.74) is 1.08. The molecule has 1 aliphatic heterocycles. The number of rotatable bonds is 5. The first kappa shape index (κ1) is 15.3. The number of carbonyl (C=O) groups is 1. The second-order valence-electron chi connectivity index (χ2n) is 6.58. The fourth-order valence-corrected chi connectivity index (χ4v) is 3.98. The van der Waals surface area contributed by atoms with E-state index >= 15 is 0 Å². The van der Waals surface area contributed by atoms with Crippen LogP contribution in [0.15, 0.2) is 24.3 Å². The zero-order valence-corrected chi connectivity index (χ0v) is 13.4. The number of benzene rings is 1. The standard InChI is InChI=1S/C18H26N2O2/c1-22-16-7-5-14(6-8-16)9-11-20-17(21)18-10-3-2-4-15(18)12-19-13-18/h5-8,15,19H,2-4,9-13H2,1H3,(H,20,21)/t15-,18+/m0/s1. The van der Waals surface area contributed by atoms with Gasteiger partial charge in [-0.15, -0.1) is 0 Å². The summed E-state index contributed by atoms with van der Waals surface area (Å²) in [4.78, 5) is 12.7. The average molecular weight is 302 g/mol. The van der Waals surface area contributed by atoms with E-state index < -0.39 is 0 Å². The second kappa shape index (κ2) is 6.69. The van der Waals surface area contributed by atoms with Gasteiger partial charge in [-0.2, -0.15) is 0 Å². The van der Waals surface area contributed by atoms with Gasteiger partial charge in [-0.3, -0.25) is 4.79 Å². The van der Waals surface area contributed by atoms with Gasteiger partial charge in [-0.1, -0.05) is 25.0 Å². The predicted molar refractivity (Wildman–Crippen MR) is 87.0 cm³/mol. The summed E-state index contributed by atoms with van der Waals surface area (Å²) in [5.74, 6) is 1.66. The average Bonchev–Trinajstić information content (AvgIpc) is 3.00. The molecular weight excluding hydrogens is 276 g/mol. The van der Waals surface area contributed by atoms with Crippen LogP contribution >= 0.6 is 0 Å². The Labute approximate surface area is 132 Å². The Kier molecular flexibility index (Phi) is 4.67. The maximum atomic E-state index is 12.7.